The van der Waals surface area contributed by atoms with E-state index in [1.165, 1.54) is 6.26 Å². The van der Waals surface area contributed by atoms with Crippen molar-refractivity contribution in [3.05, 3.63) is 23.9 Å². The van der Waals surface area contributed by atoms with Crippen molar-refractivity contribution >= 4 is 15.7 Å². The fourth-order valence-electron chi connectivity index (χ4n) is 1.49. The Morgan fingerprint density at radius 3 is 2.71 bits per heavy atom. The lowest BCUT2D eigenvalue weighted by Gasteiger charge is -2.22. The summed E-state index contributed by atoms with van der Waals surface area (Å²) < 4.78 is 22.2. The van der Waals surface area contributed by atoms with Crippen molar-refractivity contribution < 1.29 is 8.42 Å². The molecule has 1 aromatic rings. The van der Waals surface area contributed by atoms with E-state index in [0.717, 1.165) is 11.4 Å². The second-order valence-corrected chi connectivity index (χ2v) is 6.52. The largest absolute Gasteiger partial charge is 0.358 e. The molecule has 96 valence electrons. The molecule has 0 aliphatic rings. The molecule has 0 bridgehead atoms. The van der Waals surface area contributed by atoms with Crippen LogP contribution in [0, 0.1) is 0 Å². The number of hydrogen-bond acceptors (Lipinski definition) is 5. The van der Waals surface area contributed by atoms with Crippen LogP contribution in [-0.2, 0) is 9.84 Å². The Morgan fingerprint density at radius 2 is 2.18 bits per heavy atom. The SMILES string of the molecule is C[C@@H](N)c1cccnc1N(C)CCS(C)(=O)=O. The van der Waals surface area contributed by atoms with Crippen LogP contribution in [0.25, 0.3) is 0 Å². The number of anilines is 1. The third kappa shape index (κ3) is 4.32. The van der Waals surface area contributed by atoms with E-state index >= 15 is 0 Å². The molecular weight excluding hydrogens is 238 g/mol. The summed E-state index contributed by atoms with van der Waals surface area (Å²) in [6.45, 7) is 2.29. The molecule has 1 rings (SSSR count). The molecule has 0 spiro atoms. The third-order valence-electron chi connectivity index (χ3n) is 2.47. The molecule has 17 heavy (non-hydrogen) atoms. The van der Waals surface area contributed by atoms with Crippen molar-refractivity contribution in [2.45, 2.75) is 13.0 Å². The first-order chi connectivity index (χ1) is 7.81. The second-order valence-electron chi connectivity index (χ2n) is 4.26. The molecule has 1 atom stereocenters. The first-order valence-electron chi connectivity index (χ1n) is 5.40. The van der Waals surface area contributed by atoms with E-state index in [4.69, 9.17) is 5.73 Å². The smallest absolute Gasteiger partial charge is 0.149 e. The van der Waals surface area contributed by atoms with Gasteiger partial charge in [-0.3, -0.25) is 0 Å². The van der Waals surface area contributed by atoms with Crippen LogP contribution < -0.4 is 10.6 Å². The van der Waals surface area contributed by atoms with Gasteiger partial charge >= 0.3 is 0 Å². The molecule has 1 aromatic heterocycles. The number of nitrogens with zero attached hydrogens (tertiary/aromatic N) is 2. The highest BCUT2D eigenvalue weighted by molar-refractivity contribution is 7.90. The molecule has 0 radical (unpaired) electrons. The van der Waals surface area contributed by atoms with E-state index in [1.54, 1.807) is 6.20 Å². The average Bonchev–Trinajstić information content (AvgIpc) is 2.25. The molecule has 0 saturated heterocycles. The molecule has 2 N–H and O–H groups in total. The fraction of sp³-hybridized carbons (Fsp3) is 0.545. The summed E-state index contributed by atoms with van der Waals surface area (Å²) in [6.07, 6.45) is 2.91. The van der Waals surface area contributed by atoms with Gasteiger partial charge in [-0.25, -0.2) is 13.4 Å². The first-order valence-corrected chi connectivity index (χ1v) is 7.46. The standard InChI is InChI=1S/C11H19N3O2S/c1-9(12)10-5-4-6-13-11(10)14(2)7-8-17(3,15)16/h4-6,9H,7-8,12H2,1-3H3/t9-/m1/s1. The van der Waals surface area contributed by atoms with Crippen LogP contribution in [0.5, 0.6) is 0 Å². The van der Waals surface area contributed by atoms with Crippen molar-refractivity contribution in [3.63, 3.8) is 0 Å². The summed E-state index contributed by atoms with van der Waals surface area (Å²) in [5, 5.41) is 0. The molecule has 0 unspecified atom stereocenters. The normalized spacial score (nSPS) is 13.4. The topological polar surface area (TPSA) is 76.3 Å². The van der Waals surface area contributed by atoms with E-state index in [-0.39, 0.29) is 11.8 Å². The molecule has 1 heterocycles. The van der Waals surface area contributed by atoms with E-state index < -0.39 is 9.84 Å². The number of nitrogens with two attached hydrogens (primary N) is 1. The molecular formula is C11H19N3O2S. The zero-order valence-electron chi connectivity index (χ0n) is 10.4. The monoisotopic (exact) mass is 257 g/mol. The predicted molar refractivity (Wildman–Crippen MR) is 69.8 cm³/mol. The highest BCUT2D eigenvalue weighted by Crippen LogP contribution is 2.20. The van der Waals surface area contributed by atoms with Crippen LogP contribution in [0.1, 0.15) is 18.5 Å². The van der Waals surface area contributed by atoms with Crippen LogP contribution in [-0.4, -0.2) is 39.0 Å². The van der Waals surface area contributed by atoms with Crippen LogP contribution in [0.3, 0.4) is 0 Å². The van der Waals surface area contributed by atoms with Gasteiger partial charge < -0.3 is 10.6 Å². The highest BCUT2D eigenvalue weighted by atomic mass is 32.2. The summed E-state index contributed by atoms with van der Waals surface area (Å²) in [4.78, 5) is 6.07. The van der Waals surface area contributed by atoms with Crippen LogP contribution >= 0.6 is 0 Å². The molecule has 0 saturated carbocycles. The van der Waals surface area contributed by atoms with Crippen molar-refractivity contribution in [2.75, 3.05) is 30.5 Å². The van der Waals surface area contributed by atoms with Gasteiger partial charge in [0.25, 0.3) is 0 Å². The molecule has 6 heteroatoms. The maximum Gasteiger partial charge on any atom is 0.149 e. The lowest BCUT2D eigenvalue weighted by atomic mass is 10.1. The minimum absolute atomic E-state index is 0.110. The van der Waals surface area contributed by atoms with Crippen molar-refractivity contribution in [1.82, 2.24) is 4.98 Å². The second kappa shape index (κ2) is 5.46. The highest BCUT2D eigenvalue weighted by Gasteiger charge is 2.13. The average molecular weight is 257 g/mol. The first kappa shape index (κ1) is 13.9. The zero-order chi connectivity index (χ0) is 13.1. The molecule has 0 aliphatic carbocycles. The van der Waals surface area contributed by atoms with Crippen LogP contribution in [0.15, 0.2) is 18.3 Å². The lowest BCUT2D eigenvalue weighted by molar-refractivity contribution is 0.601. The third-order valence-corrected chi connectivity index (χ3v) is 3.39. The number of pyridine rings is 1. The van der Waals surface area contributed by atoms with Gasteiger partial charge in [0, 0.05) is 37.7 Å². The van der Waals surface area contributed by atoms with Gasteiger partial charge in [-0.05, 0) is 13.0 Å². The summed E-state index contributed by atoms with van der Waals surface area (Å²) in [5.74, 6) is 0.851. The van der Waals surface area contributed by atoms with Gasteiger partial charge in [-0.1, -0.05) is 6.07 Å². The molecule has 5 nitrogen and oxygen atoms in total. The molecule has 0 fully saturated rings. The van der Waals surface area contributed by atoms with Crippen molar-refractivity contribution in [1.29, 1.82) is 0 Å². The Labute approximate surface area is 103 Å². The van der Waals surface area contributed by atoms with E-state index in [2.05, 4.69) is 4.98 Å². The van der Waals surface area contributed by atoms with Crippen molar-refractivity contribution in [2.24, 2.45) is 5.73 Å². The number of aromatic nitrogens is 1. The number of rotatable bonds is 5. The van der Waals surface area contributed by atoms with Gasteiger partial charge in [0.1, 0.15) is 15.7 Å². The predicted octanol–water partition coefficient (Wildman–Crippen LogP) is 0.582. The zero-order valence-corrected chi connectivity index (χ0v) is 11.2. The van der Waals surface area contributed by atoms with Gasteiger partial charge in [0.15, 0.2) is 0 Å². The summed E-state index contributed by atoms with van der Waals surface area (Å²) in [7, 11) is -1.14. The number of hydrogen-bond donors (Lipinski definition) is 1. The molecule has 0 amide bonds. The maximum atomic E-state index is 11.1. The van der Waals surface area contributed by atoms with E-state index in [1.807, 2.05) is 31.0 Å². The molecule has 0 aliphatic heterocycles. The van der Waals surface area contributed by atoms with Crippen LogP contribution in [0.4, 0.5) is 5.82 Å². The van der Waals surface area contributed by atoms with Crippen LogP contribution in [0.2, 0.25) is 0 Å². The molecule has 0 aromatic carbocycles. The van der Waals surface area contributed by atoms with Gasteiger partial charge in [-0.15, -0.1) is 0 Å². The number of sulfone groups is 1. The van der Waals surface area contributed by atoms with E-state index in [0.29, 0.717) is 6.54 Å². The Bertz CT molecular complexity index is 471. The van der Waals surface area contributed by atoms with Gasteiger partial charge in [0.2, 0.25) is 0 Å². The minimum atomic E-state index is -2.96. The minimum Gasteiger partial charge on any atom is -0.358 e. The van der Waals surface area contributed by atoms with Gasteiger partial charge in [-0.2, -0.15) is 0 Å². The van der Waals surface area contributed by atoms with E-state index in [9.17, 15) is 8.42 Å². The summed E-state index contributed by atoms with van der Waals surface area (Å²) >= 11 is 0. The Balaban J connectivity index is 2.85. The van der Waals surface area contributed by atoms with Gasteiger partial charge in [0.05, 0.1) is 5.75 Å². The summed E-state index contributed by atoms with van der Waals surface area (Å²) in [5.41, 5.74) is 6.77. The fourth-order valence-corrected chi connectivity index (χ4v) is 2.10. The Kier molecular flexibility index (Phi) is 4.47. The Morgan fingerprint density at radius 1 is 1.53 bits per heavy atom. The van der Waals surface area contributed by atoms with Crippen molar-refractivity contribution in [3.8, 4) is 0 Å². The lowest BCUT2D eigenvalue weighted by Crippen LogP contribution is -2.27. The Hall–Kier alpha value is -1.14. The summed E-state index contributed by atoms with van der Waals surface area (Å²) in [6, 6.07) is 3.61. The quantitative estimate of drug-likeness (QED) is 0.835. The maximum absolute atomic E-state index is 11.1.